The van der Waals surface area contributed by atoms with Gasteiger partial charge in [0.1, 0.15) is 4.90 Å². The van der Waals surface area contributed by atoms with E-state index in [1.165, 1.54) is 16.4 Å². The molecule has 1 aliphatic heterocycles. The van der Waals surface area contributed by atoms with Gasteiger partial charge in [-0.2, -0.15) is 14.7 Å². The standard InChI is InChI=1S/C19H19N5O5S/c1-14(16-4-2-15(13-20)3-5-16)21-22-18-7-6-17(24(25)26)12-19(18)30(27,28)23-8-10-29-11-9-23/h2-7,12,22H,8-11H2,1H3/b21-14+. The molecule has 0 unspecified atom stereocenters. The Morgan fingerprint density at radius 3 is 2.50 bits per heavy atom. The van der Waals surface area contributed by atoms with Gasteiger partial charge in [-0.3, -0.25) is 15.5 Å². The maximum absolute atomic E-state index is 13.1. The van der Waals surface area contributed by atoms with Crippen molar-refractivity contribution in [3.05, 3.63) is 63.7 Å². The summed E-state index contributed by atoms with van der Waals surface area (Å²) in [6.07, 6.45) is 0. The van der Waals surface area contributed by atoms with Crippen molar-refractivity contribution in [2.75, 3.05) is 31.7 Å². The van der Waals surface area contributed by atoms with Crippen LogP contribution in [0, 0.1) is 21.4 Å². The van der Waals surface area contributed by atoms with Crippen molar-refractivity contribution in [3.8, 4) is 6.07 Å². The molecule has 11 heteroatoms. The first-order valence-corrected chi connectivity index (χ1v) is 10.4. The van der Waals surface area contributed by atoms with Gasteiger partial charge in [-0.1, -0.05) is 12.1 Å². The number of hydrazone groups is 1. The molecule has 1 saturated heterocycles. The van der Waals surface area contributed by atoms with Crippen LogP contribution in [-0.2, 0) is 14.8 Å². The number of rotatable bonds is 6. The molecule has 0 radical (unpaired) electrons. The highest BCUT2D eigenvalue weighted by molar-refractivity contribution is 7.89. The summed E-state index contributed by atoms with van der Waals surface area (Å²) in [5, 5.41) is 24.3. The van der Waals surface area contributed by atoms with Crippen molar-refractivity contribution < 1.29 is 18.1 Å². The number of sulfonamides is 1. The highest BCUT2D eigenvalue weighted by atomic mass is 32.2. The summed E-state index contributed by atoms with van der Waals surface area (Å²) < 4.78 is 32.6. The SMILES string of the molecule is C/C(=N\Nc1ccc([N+](=O)[O-])cc1S(=O)(=O)N1CCOCC1)c1ccc(C#N)cc1. The van der Waals surface area contributed by atoms with Gasteiger partial charge in [-0.05, 0) is 30.7 Å². The summed E-state index contributed by atoms with van der Waals surface area (Å²) in [5.41, 5.74) is 4.30. The first kappa shape index (κ1) is 21.4. The van der Waals surface area contributed by atoms with Crippen LogP contribution in [0.4, 0.5) is 11.4 Å². The average molecular weight is 429 g/mol. The molecule has 0 aliphatic carbocycles. The first-order valence-electron chi connectivity index (χ1n) is 9.00. The van der Waals surface area contributed by atoms with Crippen molar-refractivity contribution in [1.29, 1.82) is 5.26 Å². The lowest BCUT2D eigenvalue weighted by molar-refractivity contribution is -0.385. The normalized spacial score (nSPS) is 15.4. The Kier molecular flexibility index (Phi) is 6.41. The molecule has 1 heterocycles. The molecular weight excluding hydrogens is 410 g/mol. The zero-order valence-corrected chi connectivity index (χ0v) is 16.9. The van der Waals surface area contributed by atoms with E-state index in [1.54, 1.807) is 31.2 Å². The molecule has 0 spiro atoms. The molecule has 0 saturated carbocycles. The molecule has 2 aromatic rings. The van der Waals surface area contributed by atoms with Crippen LogP contribution < -0.4 is 5.43 Å². The molecule has 156 valence electrons. The smallest absolute Gasteiger partial charge is 0.270 e. The number of benzene rings is 2. The third kappa shape index (κ3) is 4.62. The fourth-order valence-corrected chi connectivity index (χ4v) is 4.42. The summed E-state index contributed by atoms with van der Waals surface area (Å²) in [6.45, 7) is 2.56. The van der Waals surface area contributed by atoms with Crippen LogP contribution in [-0.4, -0.2) is 49.7 Å². The minimum absolute atomic E-state index is 0.125. The topological polar surface area (TPSA) is 138 Å². The van der Waals surface area contributed by atoms with E-state index in [4.69, 9.17) is 10.00 Å². The van der Waals surface area contributed by atoms with Crippen LogP contribution in [0.3, 0.4) is 0 Å². The molecule has 1 aliphatic rings. The minimum atomic E-state index is -3.99. The summed E-state index contributed by atoms with van der Waals surface area (Å²) in [5.74, 6) is 0. The zero-order valence-electron chi connectivity index (χ0n) is 16.1. The molecule has 0 aromatic heterocycles. The van der Waals surface area contributed by atoms with Gasteiger partial charge in [0.2, 0.25) is 10.0 Å². The molecule has 1 fully saturated rings. The van der Waals surface area contributed by atoms with Crippen molar-refractivity contribution >= 4 is 27.1 Å². The van der Waals surface area contributed by atoms with Gasteiger partial charge in [0.05, 0.1) is 41.2 Å². The van der Waals surface area contributed by atoms with Crippen molar-refractivity contribution in [2.45, 2.75) is 11.8 Å². The highest BCUT2D eigenvalue weighted by Gasteiger charge is 2.30. The summed E-state index contributed by atoms with van der Waals surface area (Å²) in [4.78, 5) is 10.3. The van der Waals surface area contributed by atoms with Gasteiger partial charge in [0.25, 0.3) is 5.69 Å². The monoisotopic (exact) mass is 429 g/mol. The van der Waals surface area contributed by atoms with Gasteiger partial charge in [-0.25, -0.2) is 8.42 Å². The number of ether oxygens (including phenoxy) is 1. The van der Waals surface area contributed by atoms with Crippen molar-refractivity contribution in [2.24, 2.45) is 5.10 Å². The number of hydrogen-bond acceptors (Lipinski definition) is 8. The maximum Gasteiger partial charge on any atom is 0.270 e. The van der Waals surface area contributed by atoms with Gasteiger partial charge >= 0.3 is 0 Å². The molecular formula is C19H19N5O5S. The van der Waals surface area contributed by atoms with E-state index in [1.807, 2.05) is 6.07 Å². The van der Waals surface area contributed by atoms with Crippen LogP contribution in [0.15, 0.2) is 52.5 Å². The molecule has 10 nitrogen and oxygen atoms in total. The van der Waals surface area contributed by atoms with Crippen LogP contribution in [0.1, 0.15) is 18.1 Å². The number of nitrogens with zero attached hydrogens (tertiary/aromatic N) is 4. The quantitative estimate of drug-likeness (QED) is 0.422. The lowest BCUT2D eigenvalue weighted by atomic mass is 10.1. The number of nitro groups is 1. The van der Waals surface area contributed by atoms with Crippen LogP contribution in [0.2, 0.25) is 0 Å². The number of non-ortho nitro benzene ring substituents is 1. The van der Waals surface area contributed by atoms with Crippen molar-refractivity contribution in [3.63, 3.8) is 0 Å². The fraction of sp³-hybridized carbons (Fsp3) is 0.263. The van der Waals surface area contributed by atoms with Gasteiger partial charge in [0.15, 0.2) is 0 Å². The number of nitrogens with one attached hydrogen (secondary N) is 1. The van der Waals surface area contributed by atoms with E-state index in [9.17, 15) is 18.5 Å². The Hall–Kier alpha value is -3.33. The highest BCUT2D eigenvalue weighted by Crippen LogP contribution is 2.29. The van der Waals surface area contributed by atoms with E-state index < -0.39 is 14.9 Å². The fourth-order valence-electron chi connectivity index (χ4n) is 2.85. The molecule has 1 N–H and O–H groups in total. The van der Waals surface area contributed by atoms with Gasteiger partial charge in [-0.15, -0.1) is 0 Å². The van der Waals surface area contributed by atoms with E-state index in [0.29, 0.717) is 11.3 Å². The zero-order chi connectivity index (χ0) is 21.7. The predicted octanol–water partition coefficient (Wildman–Crippen LogP) is 2.32. The van der Waals surface area contributed by atoms with Crippen LogP contribution in [0.25, 0.3) is 0 Å². The van der Waals surface area contributed by atoms with E-state index in [-0.39, 0.29) is 42.6 Å². The maximum atomic E-state index is 13.1. The lowest BCUT2D eigenvalue weighted by Gasteiger charge is -2.26. The van der Waals surface area contributed by atoms with E-state index in [2.05, 4.69) is 10.5 Å². The largest absolute Gasteiger partial charge is 0.379 e. The Balaban J connectivity index is 1.95. The Labute approximate surface area is 173 Å². The van der Waals surface area contributed by atoms with Crippen LogP contribution >= 0.6 is 0 Å². The number of hydrogen-bond donors (Lipinski definition) is 1. The summed E-state index contributed by atoms with van der Waals surface area (Å²) in [6, 6.07) is 12.3. The molecule has 0 bridgehead atoms. The second-order valence-electron chi connectivity index (χ2n) is 6.45. The number of nitro benzene ring substituents is 1. The summed E-state index contributed by atoms with van der Waals surface area (Å²) in [7, 11) is -3.99. The van der Waals surface area contributed by atoms with Crippen molar-refractivity contribution in [1.82, 2.24) is 4.31 Å². The molecule has 30 heavy (non-hydrogen) atoms. The molecule has 2 aromatic carbocycles. The number of morpholine rings is 1. The Morgan fingerprint density at radius 2 is 1.90 bits per heavy atom. The molecule has 3 rings (SSSR count). The first-order chi connectivity index (χ1) is 14.3. The van der Waals surface area contributed by atoms with E-state index >= 15 is 0 Å². The average Bonchev–Trinajstić information content (AvgIpc) is 2.77. The third-order valence-electron chi connectivity index (χ3n) is 4.54. The number of nitriles is 1. The third-order valence-corrected chi connectivity index (χ3v) is 6.48. The second-order valence-corrected chi connectivity index (χ2v) is 8.36. The lowest BCUT2D eigenvalue weighted by Crippen LogP contribution is -2.40. The predicted molar refractivity (Wildman–Crippen MR) is 110 cm³/mol. The minimum Gasteiger partial charge on any atom is -0.379 e. The molecule has 0 atom stereocenters. The van der Waals surface area contributed by atoms with Crippen LogP contribution in [0.5, 0.6) is 0 Å². The van der Waals surface area contributed by atoms with Gasteiger partial charge < -0.3 is 4.74 Å². The molecule has 0 amide bonds. The Bertz CT molecular complexity index is 1120. The number of anilines is 1. The summed E-state index contributed by atoms with van der Waals surface area (Å²) >= 11 is 0. The van der Waals surface area contributed by atoms with Gasteiger partial charge in [0, 0.05) is 25.2 Å². The Morgan fingerprint density at radius 1 is 1.23 bits per heavy atom. The second kappa shape index (κ2) is 9.00. The van der Waals surface area contributed by atoms with E-state index in [0.717, 1.165) is 11.6 Å².